The predicted molar refractivity (Wildman–Crippen MR) is 115 cm³/mol. The van der Waals surface area contributed by atoms with E-state index in [1.54, 1.807) is 0 Å². The number of aromatic nitrogens is 2. The molecule has 2 heterocycles. The number of carbonyl (C=O) groups excluding carboxylic acids is 1. The molecule has 4 aromatic rings. The summed E-state index contributed by atoms with van der Waals surface area (Å²) in [7, 11) is 0. The molecule has 0 N–H and O–H groups in total. The van der Waals surface area contributed by atoms with Crippen LogP contribution in [0.25, 0.3) is 20.4 Å². The van der Waals surface area contributed by atoms with Gasteiger partial charge in [-0.2, -0.15) is 10.5 Å². The van der Waals surface area contributed by atoms with E-state index in [4.69, 9.17) is 11.6 Å². The van der Waals surface area contributed by atoms with Crippen molar-refractivity contribution in [2.75, 3.05) is 0 Å². The lowest BCUT2D eigenvalue weighted by Crippen LogP contribution is -2.44. The standard InChI is InChI=1S/C21H13ClN4OS2/c1-12(27)18(22)21(11-24,20-26-15-7-3-5-9-17(15)29-20)13(10-23)19-25-14-6-2-4-8-16(14)28-19/h2-9,13,18H,1H3/t13-,18-,21+/m0/s1. The van der Waals surface area contributed by atoms with E-state index in [2.05, 4.69) is 22.1 Å². The highest BCUT2D eigenvalue weighted by Crippen LogP contribution is 2.47. The Morgan fingerprint density at radius 1 is 1.03 bits per heavy atom. The number of halogens is 1. The first-order valence-electron chi connectivity index (χ1n) is 8.68. The first-order valence-corrected chi connectivity index (χ1v) is 10.7. The van der Waals surface area contributed by atoms with Crippen LogP contribution in [0.4, 0.5) is 0 Å². The van der Waals surface area contributed by atoms with Gasteiger partial charge in [-0.05, 0) is 31.2 Å². The molecular weight excluding hydrogens is 424 g/mol. The van der Waals surface area contributed by atoms with Crippen LogP contribution in [0, 0.1) is 22.7 Å². The van der Waals surface area contributed by atoms with Crippen molar-refractivity contribution in [3.8, 4) is 12.1 Å². The third-order valence-electron chi connectivity index (χ3n) is 4.73. The third-order valence-corrected chi connectivity index (χ3v) is 7.67. The lowest BCUT2D eigenvalue weighted by Gasteiger charge is -2.30. The molecule has 0 aliphatic rings. The minimum absolute atomic E-state index is 0.349. The maximum atomic E-state index is 12.3. The van der Waals surface area contributed by atoms with Crippen molar-refractivity contribution in [3.05, 3.63) is 58.5 Å². The molecule has 5 nitrogen and oxygen atoms in total. The van der Waals surface area contributed by atoms with Gasteiger partial charge < -0.3 is 0 Å². The Morgan fingerprint density at radius 2 is 1.62 bits per heavy atom. The Labute approximate surface area is 179 Å². The van der Waals surface area contributed by atoms with Gasteiger partial charge in [0.1, 0.15) is 27.1 Å². The van der Waals surface area contributed by atoms with Crippen LogP contribution in [0.1, 0.15) is 22.9 Å². The molecule has 0 bridgehead atoms. The number of hydrogen-bond acceptors (Lipinski definition) is 7. The zero-order chi connectivity index (χ0) is 20.6. The average Bonchev–Trinajstić information content (AvgIpc) is 3.35. The van der Waals surface area contributed by atoms with Crippen molar-refractivity contribution in [2.45, 2.75) is 23.6 Å². The van der Waals surface area contributed by atoms with Crippen LogP contribution in [0.2, 0.25) is 0 Å². The molecule has 0 aliphatic carbocycles. The molecule has 8 heteroatoms. The first-order chi connectivity index (χ1) is 14.0. The fourth-order valence-electron chi connectivity index (χ4n) is 3.28. The summed E-state index contributed by atoms with van der Waals surface area (Å²) in [5, 5.41) is 20.0. The normalized spacial score (nSPS) is 15.3. The predicted octanol–water partition coefficient (Wildman–Crippen LogP) is 5.17. The molecule has 3 atom stereocenters. The van der Waals surface area contributed by atoms with Gasteiger partial charge in [-0.1, -0.05) is 24.3 Å². The highest BCUT2D eigenvalue weighted by atomic mass is 35.5. The number of benzene rings is 2. The lowest BCUT2D eigenvalue weighted by molar-refractivity contribution is -0.117. The van der Waals surface area contributed by atoms with Gasteiger partial charge in [0.2, 0.25) is 0 Å². The van der Waals surface area contributed by atoms with Crippen molar-refractivity contribution in [2.24, 2.45) is 0 Å². The molecule has 0 unspecified atom stereocenters. The fourth-order valence-corrected chi connectivity index (χ4v) is 5.88. The number of carbonyl (C=O) groups is 1. The number of rotatable bonds is 5. The van der Waals surface area contributed by atoms with Gasteiger partial charge in [0.25, 0.3) is 0 Å². The number of ketones is 1. The summed E-state index contributed by atoms with van der Waals surface area (Å²) in [5.74, 6) is -1.44. The smallest absolute Gasteiger partial charge is 0.154 e. The Morgan fingerprint density at radius 3 is 2.14 bits per heavy atom. The summed E-state index contributed by atoms with van der Waals surface area (Å²) in [6, 6.07) is 19.3. The minimum Gasteiger partial charge on any atom is -0.298 e. The monoisotopic (exact) mass is 436 g/mol. The summed E-state index contributed by atoms with van der Waals surface area (Å²) in [6.07, 6.45) is 0. The second-order valence-corrected chi connectivity index (χ2v) is 9.05. The highest BCUT2D eigenvalue weighted by molar-refractivity contribution is 7.19. The van der Waals surface area contributed by atoms with Crippen LogP contribution in [-0.2, 0) is 10.2 Å². The number of nitrogens with zero attached hydrogens (tertiary/aromatic N) is 4. The summed E-state index contributed by atoms with van der Waals surface area (Å²) >= 11 is 9.14. The van der Waals surface area contributed by atoms with Crippen molar-refractivity contribution in [1.29, 1.82) is 10.5 Å². The summed E-state index contributed by atoms with van der Waals surface area (Å²) in [4.78, 5) is 21.5. The van der Waals surface area contributed by atoms with E-state index >= 15 is 0 Å². The number of alkyl halides is 1. The molecule has 0 amide bonds. The van der Waals surface area contributed by atoms with Crippen LogP contribution in [0.3, 0.4) is 0 Å². The number of para-hydroxylation sites is 2. The average molecular weight is 437 g/mol. The van der Waals surface area contributed by atoms with E-state index in [9.17, 15) is 15.3 Å². The molecule has 4 rings (SSSR count). The van der Waals surface area contributed by atoms with Crippen molar-refractivity contribution >= 4 is 60.5 Å². The minimum atomic E-state index is -1.65. The van der Waals surface area contributed by atoms with Crippen molar-refractivity contribution < 1.29 is 4.79 Å². The fraction of sp³-hybridized carbons (Fsp3) is 0.190. The molecular formula is C21H13ClN4OS2. The molecule has 0 fully saturated rings. The van der Waals surface area contributed by atoms with Crippen LogP contribution in [0.15, 0.2) is 48.5 Å². The summed E-state index contributed by atoms with van der Waals surface area (Å²) in [6.45, 7) is 1.32. The summed E-state index contributed by atoms with van der Waals surface area (Å²) in [5.41, 5.74) is -0.224. The number of fused-ring (bicyclic) bond motifs is 2. The zero-order valence-electron chi connectivity index (χ0n) is 15.2. The quantitative estimate of drug-likeness (QED) is 0.402. The number of Topliss-reactive ketones (excluding diaryl/α,β-unsaturated/α-hetero) is 1. The third kappa shape index (κ3) is 3.08. The molecule has 2 aromatic heterocycles. The number of nitriles is 2. The maximum absolute atomic E-state index is 12.3. The van der Waals surface area contributed by atoms with Gasteiger partial charge >= 0.3 is 0 Å². The Hall–Kier alpha value is -2.84. The molecule has 29 heavy (non-hydrogen) atoms. The highest BCUT2D eigenvalue weighted by Gasteiger charge is 2.53. The molecule has 2 aromatic carbocycles. The zero-order valence-corrected chi connectivity index (χ0v) is 17.6. The van der Waals surface area contributed by atoms with Crippen LogP contribution in [-0.4, -0.2) is 21.1 Å². The molecule has 142 valence electrons. The largest absolute Gasteiger partial charge is 0.298 e. The molecule has 0 saturated carbocycles. The van der Waals surface area contributed by atoms with Crippen LogP contribution >= 0.6 is 34.3 Å². The van der Waals surface area contributed by atoms with Crippen LogP contribution in [0.5, 0.6) is 0 Å². The molecule has 0 aliphatic heterocycles. The van der Waals surface area contributed by atoms with E-state index in [-0.39, 0.29) is 0 Å². The van der Waals surface area contributed by atoms with E-state index < -0.39 is 22.5 Å². The molecule has 0 radical (unpaired) electrons. The van der Waals surface area contributed by atoms with Gasteiger partial charge in [0, 0.05) is 0 Å². The van der Waals surface area contributed by atoms with Gasteiger partial charge in [-0.25, -0.2) is 9.97 Å². The maximum Gasteiger partial charge on any atom is 0.154 e. The van der Waals surface area contributed by atoms with Gasteiger partial charge in [-0.3, -0.25) is 4.79 Å². The molecule has 0 spiro atoms. The second-order valence-electron chi connectivity index (χ2n) is 6.52. The van der Waals surface area contributed by atoms with E-state index in [0.717, 1.165) is 14.9 Å². The number of hydrogen-bond donors (Lipinski definition) is 0. The topological polar surface area (TPSA) is 90.4 Å². The molecule has 0 saturated heterocycles. The van der Waals surface area contributed by atoms with E-state index in [1.807, 2.05) is 48.5 Å². The van der Waals surface area contributed by atoms with Gasteiger partial charge in [0.15, 0.2) is 5.41 Å². The second kappa shape index (κ2) is 7.53. The van der Waals surface area contributed by atoms with E-state index in [1.165, 1.54) is 29.6 Å². The van der Waals surface area contributed by atoms with Crippen molar-refractivity contribution in [1.82, 2.24) is 9.97 Å². The van der Waals surface area contributed by atoms with Gasteiger partial charge in [-0.15, -0.1) is 34.3 Å². The first kappa shape index (κ1) is 19.5. The Bertz CT molecular complexity index is 1250. The SMILES string of the molecule is CC(=O)[C@H](Cl)[C@](C#N)(c1nc2ccccc2s1)[C@@H](C#N)c1nc2ccccc2s1. The van der Waals surface area contributed by atoms with Crippen LogP contribution < -0.4 is 0 Å². The number of thiazole rings is 2. The Kier molecular flexibility index (Phi) is 5.06. The lowest BCUT2D eigenvalue weighted by atomic mass is 9.73. The Balaban J connectivity index is 1.99. The van der Waals surface area contributed by atoms with Crippen molar-refractivity contribution in [3.63, 3.8) is 0 Å². The van der Waals surface area contributed by atoms with Gasteiger partial charge in [0.05, 0.1) is 32.6 Å². The van der Waals surface area contributed by atoms with E-state index in [0.29, 0.717) is 15.5 Å². The summed E-state index contributed by atoms with van der Waals surface area (Å²) < 4.78 is 1.75.